The zero-order chi connectivity index (χ0) is 20.0. The monoisotopic (exact) mass is 382 g/mol. The number of benzene rings is 1. The number of carbonyl (C=O) groups is 1. The van der Waals surface area contributed by atoms with Crippen LogP contribution in [0.25, 0.3) is 11.1 Å². The van der Waals surface area contributed by atoms with Crippen LogP contribution in [0.1, 0.15) is 32.3 Å². The van der Waals surface area contributed by atoms with Crippen LogP contribution < -0.4 is 5.32 Å². The largest absolute Gasteiger partial charge is 0.394 e. The summed E-state index contributed by atoms with van der Waals surface area (Å²) in [6.45, 7) is 5.14. The van der Waals surface area contributed by atoms with E-state index in [0.29, 0.717) is 32.5 Å². The standard InChI is InChI=1S/C23H30N2O3/c1-17(2)21(16-26)25-22(27)23(8-11-28-12-9-23)14-18-5-3-6-19(13-18)20-7-4-10-24-15-20/h3-7,10,13,15,17,21,26H,8-9,11-12,14,16H2,1-2H3,(H,25,27). The number of aliphatic hydroxyl groups excluding tert-OH is 1. The molecule has 2 aromatic rings. The average Bonchev–Trinajstić information content (AvgIpc) is 2.73. The molecule has 1 fully saturated rings. The van der Waals surface area contributed by atoms with Gasteiger partial charge in [0.25, 0.3) is 0 Å². The van der Waals surface area contributed by atoms with Gasteiger partial charge in [-0.2, -0.15) is 0 Å². The van der Waals surface area contributed by atoms with Crippen molar-refractivity contribution in [1.82, 2.24) is 10.3 Å². The molecule has 2 heterocycles. The molecule has 5 nitrogen and oxygen atoms in total. The summed E-state index contributed by atoms with van der Waals surface area (Å²) >= 11 is 0. The number of aromatic nitrogens is 1. The number of rotatable bonds is 7. The molecule has 0 spiro atoms. The molecule has 1 aromatic heterocycles. The number of aliphatic hydroxyl groups is 1. The first-order chi connectivity index (χ1) is 13.5. The zero-order valence-corrected chi connectivity index (χ0v) is 16.7. The molecule has 0 saturated carbocycles. The highest BCUT2D eigenvalue weighted by Crippen LogP contribution is 2.36. The molecule has 0 radical (unpaired) electrons. The van der Waals surface area contributed by atoms with E-state index in [1.54, 1.807) is 6.20 Å². The van der Waals surface area contributed by atoms with Crippen LogP contribution in [0.5, 0.6) is 0 Å². The van der Waals surface area contributed by atoms with Gasteiger partial charge < -0.3 is 15.2 Å². The molecular formula is C23H30N2O3. The van der Waals surface area contributed by atoms with Crippen LogP contribution in [0.3, 0.4) is 0 Å². The Kier molecular flexibility index (Phi) is 6.81. The van der Waals surface area contributed by atoms with Crippen LogP contribution in [-0.2, 0) is 16.0 Å². The first-order valence-corrected chi connectivity index (χ1v) is 10.0. The van der Waals surface area contributed by atoms with E-state index in [1.807, 2.05) is 38.2 Å². The minimum atomic E-state index is -0.506. The molecule has 1 unspecified atom stereocenters. The Morgan fingerprint density at radius 3 is 2.61 bits per heavy atom. The van der Waals surface area contributed by atoms with Gasteiger partial charge in [0.05, 0.1) is 18.1 Å². The summed E-state index contributed by atoms with van der Waals surface area (Å²) in [6.07, 6.45) is 5.65. The van der Waals surface area contributed by atoms with Gasteiger partial charge in [0.2, 0.25) is 5.91 Å². The number of amides is 1. The molecule has 150 valence electrons. The molecule has 1 amide bonds. The highest BCUT2D eigenvalue weighted by atomic mass is 16.5. The molecule has 5 heteroatoms. The van der Waals surface area contributed by atoms with E-state index in [4.69, 9.17) is 4.74 Å². The van der Waals surface area contributed by atoms with Gasteiger partial charge in [-0.05, 0) is 47.9 Å². The minimum Gasteiger partial charge on any atom is -0.394 e. The summed E-state index contributed by atoms with van der Waals surface area (Å²) in [6, 6.07) is 12.1. The van der Waals surface area contributed by atoms with Gasteiger partial charge in [-0.3, -0.25) is 9.78 Å². The van der Waals surface area contributed by atoms with Crippen LogP contribution in [-0.4, -0.2) is 41.9 Å². The van der Waals surface area contributed by atoms with Gasteiger partial charge in [-0.15, -0.1) is 0 Å². The fraction of sp³-hybridized carbons (Fsp3) is 0.478. The van der Waals surface area contributed by atoms with Crippen molar-refractivity contribution in [3.8, 4) is 11.1 Å². The lowest BCUT2D eigenvalue weighted by Crippen LogP contribution is -2.51. The van der Waals surface area contributed by atoms with E-state index < -0.39 is 5.41 Å². The first kappa shape index (κ1) is 20.5. The molecule has 1 aliphatic heterocycles. The normalized spacial score (nSPS) is 17.3. The van der Waals surface area contributed by atoms with Gasteiger partial charge in [-0.1, -0.05) is 44.2 Å². The molecule has 0 aliphatic carbocycles. The third-order valence-corrected chi connectivity index (χ3v) is 5.71. The van der Waals surface area contributed by atoms with E-state index in [0.717, 1.165) is 16.7 Å². The Labute approximate surface area is 167 Å². The lowest BCUT2D eigenvalue weighted by atomic mass is 9.74. The highest BCUT2D eigenvalue weighted by molar-refractivity contribution is 5.83. The molecule has 0 bridgehead atoms. The molecule has 3 rings (SSSR count). The van der Waals surface area contributed by atoms with Crippen molar-refractivity contribution in [3.63, 3.8) is 0 Å². The van der Waals surface area contributed by atoms with Crippen molar-refractivity contribution in [2.75, 3.05) is 19.8 Å². The molecule has 1 atom stereocenters. The Bertz CT molecular complexity index is 770. The van der Waals surface area contributed by atoms with E-state index in [9.17, 15) is 9.90 Å². The van der Waals surface area contributed by atoms with Crippen LogP contribution in [0.2, 0.25) is 0 Å². The zero-order valence-electron chi connectivity index (χ0n) is 16.7. The van der Waals surface area contributed by atoms with Gasteiger partial charge in [-0.25, -0.2) is 0 Å². The molecule has 2 N–H and O–H groups in total. The molecular weight excluding hydrogens is 352 g/mol. The molecule has 1 aromatic carbocycles. The third kappa shape index (κ3) is 4.78. The number of hydrogen-bond acceptors (Lipinski definition) is 4. The van der Waals surface area contributed by atoms with Crippen molar-refractivity contribution in [3.05, 3.63) is 54.4 Å². The lowest BCUT2D eigenvalue weighted by molar-refractivity contribution is -0.138. The van der Waals surface area contributed by atoms with Gasteiger partial charge in [0.1, 0.15) is 0 Å². The van der Waals surface area contributed by atoms with E-state index in [1.165, 1.54) is 0 Å². The predicted molar refractivity (Wildman–Crippen MR) is 110 cm³/mol. The fourth-order valence-electron chi connectivity index (χ4n) is 3.78. The van der Waals surface area contributed by atoms with Gasteiger partial charge in [0.15, 0.2) is 0 Å². The smallest absolute Gasteiger partial charge is 0.227 e. The summed E-state index contributed by atoms with van der Waals surface area (Å²) in [7, 11) is 0. The Morgan fingerprint density at radius 2 is 1.96 bits per heavy atom. The maximum absolute atomic E-state index is 13.3. The third-order valence-electron chi connectivity index (χ3n) is 5.71. The quantitative estimate of drug-likeness (QED) is 0.771. The first-order valence-electron chi connectivity index (χ1n) is 10.0. The Morgan fingerprint density at radius 1 is 1.21 bits per heavy atom. The highest BCUT2D eigenvalue weighted by Gasteiger charge is 2.41. The van der Waals surface area contributed by atoms with Crippen LogP contribution in [0, 0.1) is 11.3 Å². The minimum absolute atomic E-state index is 0.0235. The van der Waals surface area contributed by atoms with Crippen LogP contribution in [0.4, 0.5) is 0 Å². The van der Waals surface area contributed by atoms with E-state index >= 15 is 0 Å². The van der Waals surface area contributed by atoms with Crippen molar-refractivity contribution < 1.29 is 14.6 Å². The summed E-state index contributed by atoms with van der Waals surface area (Å²) < 4.78 is 5.55. The Hall–Kier alpha value is -2.24. The molecule has 1 saturated heterocycles. The topological polar surface area (TPSA) is 71.5 Å². The van der Waals surface area contributed by atoms with Crippen LogP contribution in [0.15, 0.2) is 48.8 Å². The van der Waals surface area contributed by atoms with Crippen LogP contribution >= 0.6 is 0 Å². The predicted octanol–water partition coefficient (Wildman–Crippen LogP) is 3.22. The van der Waals surface area contributed by atoms with Crippen molar-refractivity contribution in [2.24, 2.45) is 11.3 Å². The maximum Gasteiger partial charge on any atom is 0.227 e. The number of carbonyl (C=O) groups excluding carboxylic acids is 1. The number of nitrogens with one attached hydrogen (secondary N) is 1. The molecule has 28 heavy (non-hydrogen) atoms. The summed E-state index contributed by atoms with van der Waals surface area (Å²) in [4.78, 5) is 17.5. The SMILES string of the molecule is CC(C)C(CO)NC(=O)C1(Cc2cccc(-c3cccnc3)c2)CCOCC1. The van der Waals surface area contributed by atoms with Crippen molar-refractivity contribution in [2.45, 2.75) is 39.2 Å². The number of nitrogens with zero attached hydrogens (tertiary/aromatic N) is 1. The second-order valence-electron chi connectivity index (χ2n) is 8.02. The fourth-order valence-corrected chi connectivity index (χ4v) is 3.78. The van der Waals surface area contributed by atoms with Gasteiger partial charge >= 0.3 is 0 Å². The summed E-state index contributed by atoms with van der Waals surface area (Å²) in [5, 5.41) is 12.7. The van der Waals surface area contributed by atoms with Gasteiger partial charge in [0, 0.05) is 25.6 Å². The summed E-state index contributed by atoms with van der Waals surface area (Å²) in [5.41, 5.74) is 2.79. The van der Waals surface area contributed by atoms with Crippen molar-refractivity contribution >= 4 is 5.91 Å². The lowest BCUT2D eigenvalue weighted by Gasteiger charge is -2.37. The second kappa shape index (κ2) is 9.30. The Balaban J connectivity index is 1.84. The van der Waals surface area contributed by atoms with E-state index in [2.05, 4.69) is 28.5 Å². The number of pyridine rings is 1. The van der Waals surface area contributed by atoms with Crippen molar-refractivity contribution in [1.29, 1.82) is 0 Å². The number of hydrogen-bond donors (Lipinski definition) is 2. The second-order valence-corrected chi connectivity index (χ2v) is 8.02. The average molecular weight is 383 g/mol. The van der Waals surface area contributed by atoms with E-state index in [-0.39, 0.29) is 24.5 Å². The summed E-state index contributed by atoms with van der Waals surface area (Å²) in [5.74, 6) is 0.204. The maximum atomic E-state index is 13.3. The number of ether oxygens (including phenoxy) is 1. The molecule has 1 aliphatic rings.